The van der Waals surface area contributed by atoms with Gasteiger partial charge in [-0.25, -0.2) is 9.59 Å². The van der Waals surface area contributed by atoms with Crippen LogP contribution in [-0.4, -0.2) is 40.0 Å². The molecule has 1 aromatic heterocycles. The smallest absolute Gasteiger partial charge is 0.407 e. The van der Waals surface area contributed by atoms with Crippen molar-refractivity contribution < 1.29 is 19.4 Å². The molecule has 0 aliphatic heterocycles. The van der Waals surface area contributed by atoms with Gasteiger partial charge >= 0.3 is 12.1 Å². The molecule has 1 amide bonds. The van der Waals surface area contributed by atoms with Crippen molar-refractivity contribution in [2.75, 3.05) is 6.61 Å². The second-order valence-electron chi connectivity index (χ2n) is 7.86. The number of ether oxygens (including phenoxy) is 1. The minimum Gasteiger partial charge on any atom is -0.480 e. The fraction of sp³-hybridized carbons (Fsp3) is 0.160. The number of carboxylic acids is 1. The standard InChI is InChI=1S/C25H21N3O4/c29-24(30)23(12-15-9-10-22-16(11-15)13-26-28-22)27-25(31)32-14-21-19-7-3-1-5-17(19)18-6-2-4-8-20(18)21/h1-11,13,21,23H,12,14H2,(H,26,28)(H,27,31)(H,29,30). The highest BCUT2D eigenvalue weighted by Gasteiger charge is 2.29. The van der Waals surface area contributed by atoms with Crippen molar-refractivity contribution >= 4 is 23.0 Å². The molecule has 1 unspecified atom stereocenters. The van der Waals surface area contributed by atoms with Crippen LogP contribution < -0.4 is 5.32 Å². The number of carboxylic acid groups (broad SMARTS) is 1. The first-order valence-electron chi connectivity index (χ1n) is 10.4. The van der Waals surface area contributed by atoms with Gasteiger partial charge in [0, 0.05) is 17.7 Å². The number of nitrogens with zero attached hydrogens (tertiary/aromatic N) is 1. The lowest BCUT2D eigenvalue weighted by molar-refractivity contribution is -0.139. The van der Waals surface area contributed by atoms with Crippen molar-refractivity contribution in [3.8, 4) is 11.1 Å². The Labute approximate surface area is 184 Å². The molecule has 0 bridgehead atoms. The van der Waals surface area contributed by atoms with Crippen molar-refractivity contribution in [3.63, 3.8) is 0 Å². The predicted octanol–water partition coefficient (Wildman–Crippen LogP) is 4.10. The summed E-state index contributed by atoms with van der Waals surface area (Å²) in [4.78, 5) is 24.2. The zero-order valence-electron chi connectivity index (χ0n) is 17.1. The first-order chi connectivity index (χ1) is 15.6. The summed E-state index contributed by atoms with van der Waals surface area (Å²) in [5.74, 6) is -1.20. The Morgan fingerprint density at radius 1 is 1.03 bits per heavy atom. The minimum absolute atomic E-state index is 0.0834. The molecule has 3 N–H and O–H groups in total. The SMILES string of the molecule is O=C(NC(Cc1ccc2[nH]ncc2c1)C(=O)O)OCC1c2ccccc2-c2ccccc21. The third-order valence-electron chi connectivity index (χ3n) is 5.88. The molecule has 7 heteroatoms. The molecule has 0 spiro atoms. The third kappa shape index (κ3) is 3.69. The average Bonchev–Trinajstić information content (AvgIpc) is 3.39. The van der Waals surface area contributed by atoms with Crippen LogP contribution in [0.5, 0.6) is 0 Å². The molecule has 32 heavy (non-hydrogen) atoms. The zero-order chi connectivity index (χ0) is 22.1. The van der Waals surface area contributed by atoms with Gasteiger partial charge in [-0.2, -0.15) is 5.10 Å². The normalized spacial score (nSPS) is 13.4. The summed E-state index contributed by atoms with van der Waals surface area (Å²) in [6.45, 7) is 0.132. The van der Waals surface area contributed by atoms with Gasteiger partial charge in [-0.3, -0.25) is 5.10 Å². The van der Waals surface area contributed by atoms with Crippen LogP contribution in [0.3, 0.4) is 0 Å². The van der Waals surface area contributed by atoms with Crippen molar-refractivity contribution in [1.82, 2.24) is 15.5 Å². The molecule has 1 atom stereocenters. The largest absolute Gasteiger partial charge is 0.480 e. The summed E-state index contributed by atoms with van der Waals surface area (Å²) >= 11 is 0. The lowest BCUT2D eigenvalue weighted by Gasteiger charge is -2.17. The topological polar surface area (TPSA) is 104 Å². The predicted molar refractivity (Wildman–Crippen MR) is 119 cm³/mol. The minimum atomic E-state index is -1.12. The van der Waals surface area contributed by atoms with Crippen molar-refractivity contribution in [3.05, 3.63) is 89.6 Å². The van der Waals surface area contributed by atoms with E-state index in [1.165, 1.54) is 0 Å². The number of nitrogens with one attached hydrogen (secondary N) is 2. The van der Waals surface area contributed by atoms with E-state index in [2.05, 4.69) is 27.6 Å². The van der Waals surface area contributed by atoms with Crippen LogP contribution in [0.1, 0.15) is 22.6 Å². The molecular formula is C25H21N3O4. The van der Waals surface area contributed by atoms with Gasteiger partial charge in [0.1, 0.15) is 12.6 Å². The van der Waals surface area contributed by atoms with Crippen molar-refractivity contribution in [2.24, 2.45) is 0 Å². The molecule has 1 heterocycles. The second-order valence-corrected chi connectivity index (χ2v) is 7.86. The fourth-order valence-electron chi connectivity index (χ4n) is 4.34. The quantitative estimate of drug-likeness (QED) is 0.430. The number of amides is 1. The van der Waals surface area contributed by atoms with E-state index in [9.17, 15) is 14.7 Å². The lowest BCUT2D eigenvalue weighted by Crippen LogP contribution is -2.42. The zero-order valence-corrected chi connectivity index (χ0v) is 17.1. The van der Waals surface area contributed by atoms with E-state index in [0.29, 0.717) is 0 Å². The molecule has 0 saturated carbocycles. The summed E-state index contributed by atoms with van der Waals surface area (Å²) < 4.78 is 5.49. The molecule has 0 radical (unpaired) electrons. The highest BCUT2D eigenvalue weighted by Crippen LogP contribution is 2.44. The Hall–Kier alpha value is -4.13. The number of hydrogen-bond donors (Lipinski definition) is 3. The molecule has 160 valence electrons. The number of carbonyl (C=O) groups excluding carboxylic acids is 1. The van der Waals surface area contributed by atoms with E-state index < -0.39 is 18.1 Å². The maximum atomic E-state index is 12.5. The summed E-state index contributed by atoms with van der Waals surface area (Å²) in [6.07, 6.45) is 1.07. The summed E-state index contributed by atoms with van der Waals surface area (Å²) in [5.41, 5.74) is 6.12. The maximum absolute atomic E-state index is 12.5. The molecule has 7 nitrogen and oxygen atoms in total. The number of benzene rings is 3. The number of alkyl carbamates (subject to hydrolysis) is 1. The number of aromatic nitrogens is 2. The Morgan fingerprint density at radius 3 is 2.41 bits per heavy atom. The van der Waals surface area contributed by atoms with Crippen LogP contribution in [0.15, 0.2) is 72.9 Å². The number of aliphatic carboxylic acids is 1. The fourth-order valence-corrected chi connectivity index (χ4v) is 4.34. The van der Waals surface area contributed by atoms with Gasteiger partial charge in [-0.1, -0.05) is 54.6 Å². The van der Waals surface area contributed by atoms with Crippen molar-refractivity contribution in [1.29, 1.82) is 0 Å². The number of carbonyl (C=O) groups is 2. The average molecular weight is 427 g/mol. The molecule has 3 aromatic carbocycles. The van der Waals surface area contributed by atoms with Gasteiger partial charge in [0.25, 0.3) is 0 Å². The van der Waals surface area contributed by atoms with E-state index >= 15 is 0 Å². The Bertz CT molecular complexity index is 1270. The molecule has 5 rings (SSSR count). The van der Waals surface area contributed by atoms with Crippen LogP contribution >= 0.6 is 0 Å². The Balaban J connectivity index is 1.27. The first-order valence-corrected chi connectivity index (χ1v) is 10.4. The number of H-pyrrole nitrogens is 1. The van der Waals surface area contributed by atoms with E-state index in [1.54, 1.807) is 6.20 Å². The lowest BCUT2D eigenvalue weighted by atomic mass is 9.98. The van der Waals surface area contributed by atoms with Crippen LogP contribution in [0.2, 0.25) is 0 Å². The van der Waals surface area contributed by atoms with E-state index in [-0.39, 0.29) is 18.9 Å². The van der Waals surface area contributed by atoms with Gasteiger partial charge < -0.3 is 15.2 Å². The molecule has 0 fully saturated rings. The Kier molecular flexibility index (Phi) is 5.07. The summed E-state index contributed by atoms with van der Waals surface area (Å²) in [7, 11) is 0. The Morgan fingerprint density at radius 2 is 1.72 bits per heavy atom. The van der Waals surface area contributed by atoms with Crippen molar-refractivity contribution in [2.45, 2.75) is 18.4 Å². The highest BCUT2D eigenvalue weighted by atomic mass is 16.5. The van der Waals surface area contributed by atoms with Crippen LogP contribution in [0, 0.1) is 0 Å². The van der Waals surface area contributed by atoms with Gasteiger partial charge in [0.05, 0.1) is 11.7 Å². The summed E-state index contributed by atoms with van der Waals surface area (Å²) in [5, 5.41) is 19.8. The molecule has 1 aliphatic carbocycles. The molecule has 1 aliphatic rings. The van der Waals surface area contributed by atoms with Crippen LogP contribution in [-0.2, 0) is 16.0 Å². The maximum Gasteiger partial charge on any atom is 0.407 e. The number of hydrogen-bond acceptors (Lipinski definition) is 4. The number of fused-ring (bicyclic) bond motifs is 4. The first kappa shape index (κ1) is 19.8. The summed E-state index contributed by atoms with van der Waals surface area (Å²) in [6, 6.07) is 20.5. The number of aromatic amines is 1. The molecular weight excluding hydrogens is 406 g/mol. The second kappa shape index (κ2) is 8.19. The monoisotopic (exact) mass is 427 g/mol. The molecule has 4 aromatic rings. The van der Waals surface area contributed by atoms with Crippen LogP contribution in [0.25, 0.3) is 22.0 Å². The highest BCUT2D eigenvalue weighted by molar-refractivity contribution is 5.82. The molecule has 0 saturated heterocycles. The van der Waals surface area contributed by atoms with Gasteiger partial charge in [-0.05, 0) is 39.9 Å². The van der Waals surface area contributed by atoms with E-state index in [4.69, 9.17) is 4.74 Å². The number of rotatable bonds is 6. The van der Waals surface area contributed by atoms with Crippen LogP contribution in [0.4, 0.5) is 4.79 Å². The van der Waals surface area contributed by atoms with E-state index in [1.807, 2.05) is 54.6 Å². The third-order valence-corrected chi connectivity index (χ3v) is 5.88. The van der Waals surface area contributed by atoms with E-state index in [0.717, 1.165) is 38.7 Å². The van der Waals surface area contributed by atoms with Gasteiger partial charge in [-0.15, -0.1) is 0 Å². The van der Waals surface area contributed by atoms with Gasteiger partial charge in [0.2, 0.25) is 0 Å². The van der Waals surface area contributed by atoms with Gasteiger partial charge in [0.15, 0.2) is 0 Å².